The van der Waals surface area contributed by atoms with E-state index in [0.29, 0.717) is 86.2 Å². The van der Waals surface area contributed by atoms with Crippen LogP contribution in [0.1, 0.15) is 327 Å². The minimum Gasteiger partial charge on any atom is -0.465 e. The third kappa shape index (κ3) is 60.9. The molecule has 1 aromatic rings. The predicted molar refractivity (Wildman–Crippen MR) is 413 cm³/mol. The highest BCUT2D eigenvalue weighted by Gasteiger charge is 2.35. The molecule has 16 heteroatoms. The summed E-state index contributed by atoms with van der Waals surface area (Å²) in [5.74, 6) is 2.68. The van der Waals surface area contributed by atoms with E-state index in [2.05, 4.69) is 146 Å². The lowest BCUT2D eigenvalue weighted by atomic mass is 9.77. The largest absolute Gasteiger partial charge is 0.465 e. The molecule has 0 aromatic heterocycles. The summed E-state index contributed by atoms with van der Waals surface area (Å²) < 4.78 is 40.2. The van der Waals surface area contributed by atoms with Crippen LogP contribution in [0.15, 0.2) is 48.6 Å². The van der Waals surface area contributed by atoms with Gasteiger partial charge in [0.25, 0.3) is 10.1 Å². The van der Waals surface area contributed by atoms with Crippen molar-refractivity contribution in [2.75, 3.05) is 31.3 Å². The molecule has 13 nitrogen and oxygen atoms in total. The van der Waals surface area contributed by atoms with Crippen LogP contribution in [0.4, 0.5) is 0 Å². The van der Waals surface area contributed by atoms with Crippen LogP contribution in [-0.2, 0) is 54.8 Å². The molecule has 0 aliphatic carbocycles. The van der Waals surface area contributed by atoms with Crippen LogP contribution in [0, 0.1) is 38.4 Å². The van der Waals surface area contributed by atoms with E-state index in [1.807, 2.05) is 131 Å². The summed E-state index contributed by atoms with van der Waals surface area (Å²) >= 11 is 0. The number of aliphatic hydroxyl groups is 1. The van der Waals surface area contributed by atoms with Gasteiger partial charge in [-0.2, -0.15) is 8.42 Å². The number of allylic oxidation sites excluding steroid dienone is 4. The third-order valence-electron chi connectivity index (χ3n) is 14.8. The molecule has 0 spiro atoms. The minimum absolute atomic E-state index is 0.0156. The Morgan fingerprint density at radius 2 is 1.19 bits per heavy atom. The zero-order valence-corrected chi connectivity index (χ0v) is 69.3. The van der Waals surface area contributed by atoms with Gasteiger partial charge in [0.05, 0.1) is 24.6 Å². The molecular formula is C80H147NO12S3. The molecule has 1 heterocycles. The van der Waals surface area contributed by atoms with E-state index >= 15 is 0 Å². The van der Waals surface area contributed by atoms with E-state index in [9.17, 15) is 42.3 Å². The van der Waals surface area contributed by atoms with Crippen molar-refractivity contribution < 1.29 is 56.3 Å². The Kier molecular flexibility index (Phi) is 49.7. The van der Waals surface area contributed by atoms with Gasteiger partial charge in [-0.1, -0.05) is 235 Å². The number of aliphatic hydroxyl groups excluding tert-OH is 1. The van der Waals surface area contributed by atoms with Gasteiger partial charge in [0.2, 0.25) is 0 Å². The number of nitrogens with one attached hydrogen (secondary N) is 1. The standard InChI is InChI=1S/C18H34O4.C17H26O.C14H26O2S2.C14H26O.C11H20O.C6H15NO3S/c1-7-8-10-14(19)11-9-12-15(20)16(21)18(5,6)13-22-17(2,3)4;1-12(2)11-14-7-9-15(10-8-14)13(3)16(18)17(4,5)6;1-13(2,3)11-16-12(15)7-5-6-8-14(4)9-10-17-18-14;1-7-8-9-10-14(5,6)12(15)11-13(2,3)4;1-5-6-7-8-10(12)9-11(2,3)4;1-6(2,3)7-4-5-11(8,9)10/h16,21H,7-13H2,1-6H3;7-10,12-13H,11H2,1-6H3;5-11H2,1-4H3;8-9H,7,10-11H2,1-6H3;6-7H,5,8-9H2,1-4H3;7H,4-5H2,1-3H3,(H,8,9,10)/b;;;9-8-;7-6-;/t16-;;14-;;;/m0.1.../s1. The summed E-state index contributed by atoms with van der Waals surface area (Å²) in [5.41, 5.74) is 1.27. The number of benzene rings is 1. The Balaban J connectivity index is -0.000000537. The molecular weight excluding hydrogens is 1260 g/mol. The van der Waals surface area contributed by atoms with Crippen molar-refractivity contribution in [2.45, 2.75) is 344 Å². The average Bonchev–Trinajstić information content (AvgIpc) is 1.12. The van der Waals surface area contributed by atoms with Crippen LogP contribution < -0.4 is 5.32 Å². The lowest BCUT2D eigenvalue weighted by Crippen LogP contribution is -2.41. The molecule has 2 rings (SSSR count). The fourth-order valence-electron chi connectivity index (χ4n) is 8.99. The summed E-state index contributed by atoms with van der Waals surface area (Å²) in [7, 11) is 0.190. The lowest BCUT2D eigenvalue weighted by molar-refractivity contribution is -0.146. The Labute approximate surface area is 598 Å². The van der Waals surface area contributed by atoms with Gasteiger partial charge in [-0.05, 0) is 140 Å². The Bertz CT molecular complexity index is 2500. The number of esters is 1. The molecule has 1 saturated heterocycles. The van der Waals surface area contributed by atoms with Gasteiger partial charge in [-0.25, -0.2) is 0 Å². The molecule has 562 valence electrons. The van der Waals surface area contributed by atoms with Crippen LogP contribution >= 0.6 is 21.6 Å². The normalized spacial score (nSPS) is 15.5. The van der Waals surface area contributed by atoms with Crippen molar-refractivity contribution in [2.24, 2.45) is 38.4 Å². The topological polar surface area (TPSA) is 208 Å². The minimum atomic E-state index is -3.81. The summed E-state index contributed by atoms with van der Waals surface area (Å²) in [5, 5.41) is 13.2. The maximum Gasteiger partial charge on any atom is 0.305 e. The number of ketones is 5. The van der Waals surface area contributed by atoms with Crippen molar-refractivity contribution >= 4 is 66.6 Å². The molecule has 1 unspecified atom stereocenters. The fourth-order valence-corrected chi connectivity index (χ4v) is 12.7. The quantitative estimate of drug-likeness (QED) is 0.0197. The van der Waals surface area contributed by atoms with Crippen LogP contribution in [0.2, 0.25) is 0 Å². The highest BCUT2D eigenvalue weighted by molar-refractivity contribution is 8.77. The number of hydrogen-bond donors (Lipinski definition) is 3. The second kappa shape index (κ2) is 48.0. The summed E-state index contributed by atoms with van der Waals surface area (Å²) in [4.78, 5) is 70.7. The van der Waals surface area contributed by atoms with E-state index in [1.165, 1.54) is 24.2 Å². The number of carbonyl (C=O) groups is 6. The predicted octanol–water partition coefficient (Wildman–Crippen LogP) is 21.0. The van der Waals surface area contributed by atoms with Gasteiger partial charge in [0.15, 0.2) is 5.78 Å². The van der Waals surface area contributed by atoms with Gasteiger partial charge in [0, 0.05) is 89.7 Å². The molecule has 0 saturated carbocycles. The van der Waals surface area contributed by atoms with E-state index in [0.717, 1.165) is 56.9 Å². The highest BCUT2D eigenvalue weighted by Crippen LogP contribution is 2.49. The molecule has 96 heavy (non-hydrogen) atoms. The monoisotopic (exact) mass is 1410 g/mol. The van der Waals surface area contributed by atoms with Crippen LogP contribution in [-0.4, -0.2) is 106 Å². The second-order valence-corrected chi connectivity index (χ2v) is 39.5. The maximum absolute atomic E-state index is 12.2. The van der Waals surface area contributed by atoms with E-state index in [4.69, 9.17) is 14.0 Å². The number of carbonyl (C=O) groups excluding carboxylic acids is 6. The van der Waals surface area contributed by atoms with E-state index in [-0.39, 0.29) is 80.4 Å². The molecule has 1 aromatic carbocycles. The number of Topliss-reactive ketones (excluding diaryl/α,β-unsaturated/α-hetero) is 5. The average molecular weight is 1410 g/mol. The first-order valence-electron chi connectivity index (χ1n) is 35.9. The van der Waals surface area contributed by atoms with Crippen molar-refractivity contribution in [1.29, 1.82) is 0 Å². The van der Waals surface area contributed by atoms with Gasteiger partial charge in [-0.15, -0.1) is 0 Å². The highest BCUT2D eigenvalue weighted by atomic mass is 33.1. The molecule has 1 fully saturated rings. The van der Waals surface area contributed by atoms with Crippen LogP contribution in [0.25, 0.3) is 0 Å². The Hall–Kier alpha value is -2.99. The first-order chi connectivity index (χ1) is 43.4. The molecule has 1 aliphatic heterocycles. The first kappa shape index (κ1) is 99.4. The number of hydrogen-bond acceptors (Lipinski definition) is 14. The van der Waals surface area contributed by atoms with E-state index < -0.39 is 21.6 Å². The van der Waals surface area contributed by atoms with Crippen LogP contribution in [0.3, 0.4) is 0 Å². The fraction of sp³-hybridized carbons (Fsp3) is 0.800. The van der Waals surface area contributed by atoms with Crippen molar-refractivity contribution in [1.82, 2.24) is 5.32 Å². The molecule has 0 radical (unpaired) electrons. The molecule has 0 amide bonds. The Morgan fingerprint density at radius 3 is 1.62 bits per heavy atom. The zero-order valence-electron chi connectivity index (χ0n) is 66.8. The molecule has 1 aliphatic rings. The lowest BCUT2D eigenvalue weighted by Gasteiger charge is -2.32. The summed E-state index contributed by atoms with van der Waals surface area (Å²) in [6, 6.07) is 8.52. The van der Waals surface area contributed by atoms with Gasteiger partial charge in [0.1, 0.15) is 29.2 Å². The zero-order chi connectivity index (χ0) is 75.8. The number of ether oxygens (including phenoxy) is 2. The van der Waals surface area contributed by atoms with Gasteiger partial charge >= 0.3 is 5.97 Å². The van der Waals surface area contributed by atoms with Crippen LogP contribution in [0.5, 0.6) is 0 Å². The van der Waals surface area contributed by atoms with Gasteiger partial charge < -0.3 is 19.9 Å². The molecule has 3 N–H and O–H groups in total. The maximum atomic E-state index is 12.2. The summed E-state index contributed by atoms with van der Waals surface area (Å²) in [6.07, 6.45) is 22.1. The number of rotatable bonds is 33. The second-order valence-electron chi connectivity index (χ2n) is 34.9. The Morgan fingerprint density at radius 1 is 0.656 bits per heavy atom. The van der Waals surface area contributed by atoms with Crippen molar-refractivity contribution in [3.05, 3.63) is 59.7 Å². The van der Waals surface area contributed by atoms with E-state index in [1.54, 1.807) is 0 Å². The van der Waals surface area contributed by atoms with Crippen molar-refractivity contribution in [3.8, 4) is 0 Å². The SMILES string of the molecule is CC(C)(C)COC(=O)CCCC[C@]1(C)CCSS1.CC(C)(C)NCCS(=O)(=O)O.CC(C)Cc1ccc(C(C)C(=O)C(C)(C)C)cc1.CC/C=C\CC(=O)CC(C)(C)C.CC/C=C\CC(C)(C)C(=O)CC(C)(C)C.CCCCC(=O)CCCC(=O)[C@H](O)C(C)(C)COC(C)(C)C. The first-order valence-corrected chi connectivity index (χ1v) is 39.8. The molecule has 3 atom stereocenters. The smallest absolute Gasteiger partial charge is 0.305 e. The third-order valence-corrected chi connectivity index (χ3v) is 18.9. The molecule has 0 bridgehead atoms. The van der Waals surface area contributed by atoms with Crippen molar-refractivity contribution in [3.63, 3.8) is 0 Å². The summed E-state index contributed by atoms with van der Waals surface area (Å²) in [6.45, 7) is 60.3. The van der Waals surface area contributed by atoms with Gasteiger partial charge in [-0.3, -0.25) is 33.3 Å². The number of unbranched alkanes of at least 4 members (excludes halogenated alkanes) is 2.